The van der Waals surface area contributed by atoms with Gasteiger partial charge in [-0.15, -0.1) is 11.3 Å². The van der Waals surface area contributed by atoms with Crippen LogP contribution in [-0.2, 0) is 4.74 Å². The lowest BCUT2D eigenvalue weighted by Gasteiger charge is -2.43. The zero-order chi connectivity index (χ0) is 23.7. The van der Waals surface area contributed by atoms with E-state index in [1.807, 2.05) is 6.07 Å². The first-order chi connectivity index (χ1) is 16.4. The molecule has 0 unspecified atom stereocenters. The predicted molar refractivity (Wildman–Crippen MR) is 132 cm³/mol. The third-order valence-electron chi connectivity index (χ3n) is 6.27. The molecule has 5 rings (SSSR count). The number of hydrogen-bond donors (Lipinski definition) is 2. The first-order valence-corrected chi connectivity index (χ1v) is 12.8. The second-order valence-corrected chi connectivity index (χ2v) is 10.8. The Morgan fingerprint density at radius 3 is 2.62 bits per heavy atom. The van der Waals surface area contributed by atoms with Gasteiger partial charge in [-0.25, -0.2) is 9.37 Å². The van der Waals surface area contributed by atoms with Crippen LogP contribution in [-0.4, -0.2) is 48.3 Å². The van der Waals surface area contributed by atoms with E-state index in [9.17, 15) is 9.18 Å². The fraction of sp³-hybridized carbons (Fsp3) is 0.417. The number of hydrogen-bond acceptors (Lipinski definition) is 6. The number of carbonyl (C=O) groups excluding carboxylic acids is 1. The van der Waals surface area contributed by atoms with Crippen LogP contribution in [0, 0.1) is 5.82 Å². The summed E-state index contributed by atoms with van der Waals surface area (Å²) in [6, 6.07) is 10.4. The average molecular weight is 524 g/mol. The van der Waals surface area contributed by atoms with Crippen LogP contribution in [0.4, 0.5) is 4.39 Å². The summed E-state index contributed by atoms with van der Waals surface area (Å²) >= 11 is 13.2. The molecule has 0 atom stereocenters. The Labute approximate surface area is 210 Å². The van der Waals surface area contributed by atoms with Crippen LogP contribution in [0.5, 0.6) is 5.75 Å². The van der Waals surface area contributed by atoms with Gasteiger partial charge in [-0.3, -0.25) is 4.79 Å². The van der Waals surface area contributed by atoms with Crippen LogP contribution >= 0.6 is 34.5 Å². The minimum absolute atomic E-state index is 0.0702. The molecule has 0 bridgehead atoms. The number of ether oxygens (including phenoxy) is 2. The highest BCUT2D eigenvalue weighted by molar-refractivity contribution is 7.20. The van der Waals surface area contributed by atoms with E-state index in [-0.39, 0.29) is 17.0 Å². The van der Waals surface area contributed by atoms with Gasteiger partial charge in [-0.05, 0) is 56.0 Å². The zero-order valence-corrected chi connectivity index (χ0v) is 20.6. The van der Waals surface area contributed by atoms with Gasteiger partial charge in [-0.1, -0.05) is 23.2 Å². The summed E-state index contributed by atoms with van der Waals surface area (Å²) in [6.45, 7) is 1.50. The number of nitrogens with one attached hydrogen (secondary N) is 2. The molecule has 1 amide bonds. The molecule has 1 saturated carbocycles. The van der Waals surface area contributed by atoms with Crippen molar-refractivity contribution in [1.29, 1.82) is 0 Å². The zero-order valence-electron chi connectivity index (χ0n) is 18.3. The highest BCUT2D eigenvalue weighted by Gasteiger charge is 2.42. The predicted octanol–water partition coefficient (Wildman–Crippen LogP) is 5.22. The lowest BCUT2D eigenvalue weighted by molar-refractivity contribution is -0.159. The van der Waals surface area contributed by atoms with Gasteiger partial charge < -0.3 is 20.1 Å². The van der Waals surface area contributed by atoms with E-state index in [0.717, 1.165) is 35.9 Å². The summed E-state index contributed by atoms with van der Waals surface area (Å²) in [4.78, 5) is 17.1. The van der Waals surface area contributed by atoms with Crippen molar-refractivity contribution < 1.29 is 18.7 Å². The first-order valence-electron chi connectivity index (χ1n) is 11.2. The summed E-state index contributed by atoms with van der Waals surface area (Å²) < 4.78 is 26.2. The molecule has 2 aromatic carbocycles. The fourth-order valence-corrected chi connectivity index (χ4v) is 5.47. The smallest absolute Gasteiger partial charge is 0.280 e. The Kier molecular flexibility index (Phi) is 6.95. The van der Waals surface area contributed by atoms with Crippen LogP contribution < -0.4 is 15.4 Å². The Morgan fingerprint density at radius 2 is 1.91 bits per heavy atom. The molecule has 0 radical (unpaired) electrons. The molecule has 3 aromatic rings. The van der Waals surface area contributed by atoms with Crippen molar-refractivity contribution in [1.82, 2.24) is 15.6 Å². The summed E-state index contributed by atoms with van der Waals surface area (Å²) in [7, 11) is 0. The second-order valence-electron chi connectivity index (χ2n) is 8.89. The third-order valence-corrected chi connectivity index (χ3v) is 7.85. The van der Waals surface area contributed by atoms with E-state index in [1.54, 1.807) is 18.2 Å². The molecule has 1 aromatic heterocycles. The summed E-state index contributed by atoms with van der Waals surface area (Å²) in [6.07, 6.45) is 3.64. The molecular weight excluding hydrogens is 500 g/mol. The highest BCUT2D eigenvalue weighted by Crippen LogP contribution is 2.29. The van der Waals surface area contributed by atoms with Crippen molar-refractivity contribution in [3.8, 4) is 5.75 Å². The Hall–Kier alpha value is -1.97. The minimum Gasteiger partial charge on any atom is -0.481 e. The van der Waals surface area contributed by atoms with E-state index in [0.29, 0.717) is 41.6 Å². The SMILES string of the molecule is O=C(NC1CCC(NCC2(Oc3ccc(Cl)c(F)c3)COC2)CC1)c1nc2cc(Cl)ccc2s1. The maximum Gasteiger partial charge on any atom is 0.280 e. The van der Waals surface area contributed by atoms with E-state index in [4.69, 9.17) is 32.7 Å². The molecule has 1 aliphatic carbocycles. The number of carbonyl (C=O) groups is 1. The molecule has 0 spiro atoms. The molecule has 2 heterocycles. The second kappa shape index (κ2) is 9.95. The number of rotatable bonds is 7. The van der Waals surface area contributed by atoms with Crippen LogP contribution in [0.3, 0.4) is 0 Å². The number of amides is 1. The van der Waals surface area contributed by atoms with Gasteiger partial charge in [0.2, 0.25) is 0 Å². The Balaban J connectivity index is 1.10. The van der Waals surface area contributed by atoms with Crippen LogP contribution in [0.25, 0.3) is 10.2 Å². The van der Waals surface area contributed by atoms with Crippen molar-refractivity contribution in [2.75, 3.05) is 19.8 Å². The number of fused-ring (bicyclic) bond motifs is 1. The quantitative estimate of drug-likeness (QED) is 0.444. The van der Waals surface area contributed by atoms with Crippen LogP contribution in [0.15, 0.2) is 36.4 Å². The molecule has 2 N–H and O–H groups in total. The lowest BCUT2D eigenvalue weighted by atomic mass is 9.90. The van der Waals surface area contributed by atoms with Gasteiger partial charge in [-0.2, -0.15) is 0 Å². The van der Waals surface area contributed by atoms with Crippen molar-refractivity contribution >= 4 is 50.7 Å². The van der Waals surface area contributed by atoms with Gasteiger partial charge >= 0.3 is 0 Å². The Bertz CT molecular complexity index is 1200. The summed E-state index contributed by atoms with van der Waals surface area (Å²) in [5, 5.41) is 7.84. The van der Waals surface area contributed by atoms with Crippen molar-refractivity contribution in [2.24, 2.45) is 0 Å². The van der Waals surface area contributed by atoms with Crippen molar-refractivity contribution in [3.63, 3.8) is 0 Å². The van der Waals surface area contributed by atoms with Gasteiger partial charge in [0.05, 0.1) is 28.5 Å². The van der Waals surface area contributed by atoms with Gasteiger partial charge in [0.1, 0.15) is 11.6 Å². The van der Waals surface area contributed by atoms with Crippen molar-refractivity contribution in [3.05, 3.63) is 57.3 Å². The average Bonchev–Trinajstić information content (AvgIpc) is 3.22. The number of nitrogens with zero attached hydrogens (tertiary/aromatic N) is 1. The molecule has 1 aliphatic heterocycles. The molecule has 34 heavy (non-hydrogen) atoms. The molecule has 10 heteroatoms. The maximum atomic E-state index is 13.8. The highest BCUT2D eigenvalue weighted by atomic mass is 35.5. The van der Waals surface area contributed by atoms with E-state index in [1.165, 1.54) is 23.5 Å². The molecule has 1 saturated heterocycles. The van der Waals surface area contributed by atoms with Gasteiger partial charge in [0, 0.05) is 29.7 Å². The number of aromatic nitrogens is 1. The van der Waals surface area contributed by atoms with E-state index in [2.05, 4.69) is 15.6 Å². The van der Waals surface area contributed by atoms with Crippen LogP contribution in [0.1, 0.15) is 35.5 Å². The van der Waals surface area contributed by atoms with Gasteiger partial charge in [0.15, 0.2) is 10.6 Å². The summed E-state index contributed by atoms with van der Waals surface area (Å²) in [5.41, 5.74) is 0.231. The lowest BCUT2D eigenvalue weighted by Crippen LogP contribution is -2.61. The van der Waals surface area contributed by atoms with Gasteiger partial charge in [0.25, 0.3) is 5.91 Å². The minimum atomic E-state index is -0.513. The largest absolute Gasteiger partial charge is 0.481 e. The van der Waals surface area contributed by atoms with E-state index < -0.39 is 11.4 Å². The number of thiazole rings is 1. The third kappa shape index (κ3) is 5.31. The van der Waals surface area contributed by atoms with Crippen LogP contribution in [0.2, 0.25) is 10.0 Å². The number of benzene rings is 2. The normalized spacial score (nSPS) is 21.7. The molecule has 2 aliphatic rings. The van der Waals surface area contributed by atoms with Crippen molar-refractivity contribution in [2.45, 2.75) is 43.4 Å². The van der Waals surface area contributed by atoms with E-state index >= 15 is 0 Å². The molecular formula is C24H24Cl2FN3O3S. The number of halogens is 3. The fourth-order valence-electron chi connectivity index (χ4n) is 4.33. The topological polar surface area (TPSA) is 72.5 Å². The standard InChI is InChI=1S/C24H24Cl2FN3O3S/c25-14-1-8-21-20(9-14)30-23(34-21)22(31)29-16-4-2-15(3-5-16)28-11-24(12-32-13-24)33-17-6-7-18(26)19(27)10-17/h1,6-10,15-16,28H,2-5,11-13H2,(H,29,31). The first kappa shape index (κ1) is 23.8. The Morgan fingerprint density at radius 1 is 1.15 bits per heavy atom. The molecule has 2 fully saturated rings. The summed E-state index contributed by atoms with van der Waals surface area (Å²) in [5.74, 6) is -0.198. The monoisotopic (exact) mass is 523 g/mol. The molecule has 180 valence electrons. The molecule has 6 nitrogen and oxygen atoms in total. The maximum absolute atomic E-state index is 13.8.